The summed E-state index contributed by atoms with van der Waals surface area (Å²) in [5.74, 6) is 0.813. The number of carbonyl (C=O) groups is 1. The Hall–Kier alpha value is -2.69. The molecule has 1 aromatic heterocycles. The Bertz CT molecular complexity index is 1110. The first kappa shape index (κ1) is 19.6. The molecule has 3 aromatic rings. The van der Waals surface area contributed by atoms with Crippen molar-refractivity contribution in [2.45, 2.75) is 4.90 Å². The van der Waals surface area contributed by atoms with Crippen molar-refractivity contribution in [3.05, 3.63) is 42.0 Å². The Morgan fingerprint density at radius 1 is 1.17 bits per heavy atom. The molecule has 0 unspecified atom stereocenters. The van der Waals surface area contributed by atoms with Crippen LogP contribution in [-0.2, 0) is 14.6 Å². The summed E-state index contributed by atoms with van der Waals surface area (Å²) >= 11 is 1.32. The number of thiazole rings is 1. The van der Waals surface area contributed by atoms with Gasteiger partial charge in [0, 0.05) is 24.8 Å². The minimum absolute atomic E-state index is 0.113. The largest absolute Gasteiger partial charge is 0.486 e. The van der Waals surface area contributed by atoms with Crippen molar-refractivity contribution in [2.24, 2.45) is 0 Å². The smallest absolute Gasteiger partial charge is 0.257 e. The predicted octanol–water partition coefficient (Wildman–Crippen LogP) is 2.74. The molecule has 0 radical (unpaired) electrons. The van der Waals surface area contributed by atoms with E-state index >= 15 is 0 Å². The second-order valence-corrected chi connectivity index (χ2v) is 9.41. The monoisotopic (exact) mass is 434 g/mol. The van der Waals surface area contributed by atoms with Crippen molar-refractivity contribution in [2.75, 3.05) is 38.0 Å². The molecule has 0 saturated carbocycles. The van der Waals surface area contributed by atoms with Gasteiger partial charge in [-0.2, -0.15) is 0 Å². The molecule has 10 heteroatoms. The number of nitrogens with zero attached hydrogens (tertiary/aromatic N) is 1. The van der Waals surface area contributed by atoms with Gasteiger partial charge in [-0.1, -0.05) is 11.3 Å². The molecule has 0 saturated heterocycles. The topological polar surface area (TPSA) is 104 Å². The highest BCUT2D eigenvalue weighted by molar-refractivity contribution is 7.91. The number of benzene rings is 2. The number of carbonyl (C=O) groups excluding carboxylic acids is 1. The Morgan fingerprint density at radius 2 is 1.86 bits per heavy atom. The normalized spacial score (nSPS) is 13.4. The van der Waals surface area contributed by atoms with Crippen molar-refractivity contribution in [3.8, 4) is 11.5 Å². The fourth-order valence-electron chi connectivity index (χ4n) is 2.81. The SMILES string of the molecule is COCCS(=O)(=O)c1ccc(C(=O)Nc2nc3cc4c(cc3s2)OCCO4)cc1. The first-order valence-corrected chi connectivity index (χ1v) is 11.3. The predicted molar refractivity (Wildman–Crippen MR) is 109 cm³/mol. The standard InChI is InChI=1S/C19H18N2O6S2/c1-25-8-9-29(23,24)13-4-2-12(3-5-13)18(22)21-19-20-14-10-15-16(11-17(14)28-19)27-7-6-26-15/h2-5,10-11H,6-9H2,1H3,(H,20,21,22). The quantitative estimate of drug-likeness (QED) is 0.636. The van der Waals surface area contributed by atoms with Crippen molar-refractivity contribution >= 4 is 42.4 Å². The molecule has 152 valence electrons. The van der Waals surface area contributed by atoms with Gasteiger partial charge in [0.25, 0.3) is 5.91 Å². The lowest BCUT2D eigenvalue weighted by molar-refractivity contribution is 0.102. The molecule has 29 heavy (non-hydrogen) atoms. The maximum atomic E-state index is 12.5. The Balaban J connectivity index is 1.50. The van der Waals surface area contributed by atoms with Gasteiger partial charge < -0.3 is 14.2 Å². The number of anilines is 1. The number of sulfone groups is 1. The van der Waals surface area contributed by atoms with E-state index in [1.165, 1.54) is 42.7 Å². The Morgan fingerprint density at radius 3 is 2.55 bits per heavy atom. The van der Waals surface area contributed by atoms with Crippen molar-refractivity contribution < 1.29 is 27.4 Å². The van der Waals surface area contributed by atoms with Gasteiger partial charge in [-0.25, -0.2) is 13.4 Å². The van der Waals surface area contributed by atoms with Gasteiger partial charge in [-0.3, -0.25) is 10.1 Å². The summed E-state index contributed by atoms with van der Waals surface area (Å²) < 4.78 is 41.1. The van der Waals surface area contributed by atoms with Crippen molar-refractivity contribution in [3.63, 3.8) is 0 Å². The molecule has 1 aliphatic rings. The first-order valence-electron chi connectivity index (χ1n) is 8.79. The summed E-state index contributed by atoms with van der Waals surface area (Å²) in [6.07, 6.45) is 0. The fraction of sp³-hybridized carbons (Fsp3) is 0.263. The van der Waals surface area contributed by atoms with Crippen LogP contribution in [0.5, 0.6) is 11.5 Å². The Labute approximate surface area is 171 Å². The van der Waals surface area contributed by atoms with Crippen LogP contribution < -0.4 is 14.8 Å². The summed E-state index contributed by atoms with van der Waals surface area (Å²) in [5.41, 5.74) is 1.04. The summed E-state index contributed by atoms with van der Waals surface area (Å²) in [6, 6.07) is 9.42. The zero-order valence-electron chi connectivity index (χ0n) is 15.5. The molecule has 4 rings (SSSR count). The zero-order valence-corrected chi connectivity index (χ0v) is 17.1. The molecule has 1 N–H and O–H groups in total. The van der Waals surface area contributed by atoms with Gasteiger partial charge in [0.15, 0.2) is 26.5 Å². The molecular weight excluding hydrogens is 416 g/mol. The average molecular weight is 434 g/mol. The van der Waals surface area contributed by atoms with Crippen LogP contribution in [0.15, 0.2) is 41.3 Å². The number of amides is 1. The highest BCUT2D eigenvalue weighted by Gasteiger charge is 2.18. The molecule has 8 nitrogen and oxygen atoms in total. The molecule has 1 amide bonds. The summed E-state index contributed by atoms with van der Waals surface area (Å²) in [5, 5.41) is 3.18. The number of methoxy groups -OCH3 is 1. The second-order valence-electron chi connectivity index (χ2n) is 6.27. The second kappa shape index (κ2) is 7.97. The van der Waals surface area contributed by atoms with E-state index in [1.54, 1.807) is 6.07 Å². The van der Waals surface area contributed by atoms with E-state index in [4.69, 9.17) is 14.2 Å². The zero-order chi connectivity index (χ0) is 20.4. The van der Waals surface area contributed by atoms with E-state index in [-0.39, 0.29) is 23.2 Å². The van der Waals surface area contributed by atoms with E-state index in [2.05, 4.69) is 10.3 Å². The number of hydrogen-bond donors (Lipinski definition) is 1. The molecule has 1 aliphatic heterocycles. The molecular formula is C19H18N2O6S2. The van der Waals surface area contributed by atoms with Gasteiger partial charge in [0.1, 0.15) is 13.2 Å². The van der Waals surface area contributed by atoms with Crippen molar-refractivity contribution in [1.29, 1.82) is 0 Å². The van der Waals surface area contributed by atoms with E-state index in [1.807, 2.05) is 6.07 Å². The molecule has 0 aliphatic carbocycles. The number of hydrogen-bond acceptors (Lipinski definition) is 8. The first-order chi connectivity index (χ1) is 14.0. The lowest BCUT2D eigenvalue weighted by Gasteiger charge is -2.17. The van der Waals surface area contributed by atoms with Gasteiger partial charge >= 0.3 is 0 Å². The van der Waals surface area contributed by atoms with Crippen LogP contribution in [0, 0.1) is 0 Å². The van der Waals surface area contributed by atoms with Gasteiger partial charge in [-0.05, 0) is 24.3 Å². The number of nitrogens with one attached hydrogen (secondary N) is 1. The number of ether oxygens (including phenoxy) is 3. The third-order valence-corrected chi connectivity index (χ3v) is 6.93. The van der Waals surface area contributed by atoms with E-state index in [0.29, 0.717) is 40.9 Å². The van der Waals surface area contributed by atoms with Crippen LogP contribution in [-0.4, -0.2) is 52.0 Å². The number of aromatic nitrogens is 1. The van der Waals surface area contributed by atoms with Gasteiger partial charge in [0.05, 0.1) is 27.5 Å². The molecule has 0 fully saturated rings. The van der Waals surface area contributed by atoms with Crippen LogP contribution in [0.4, 0.5) is 5.13 Å². The third kappa shape index (κ3) is 4.19. The molecule has 2 aromatic carbocycles. The lowest BCUT2D eigenvalue weighted by Crippen LogP contribution is -2.15. The summed E-state index contributed by atoms with van der Waals surface area (Å²) in [6.45, 7) is 1.10. The van der Waals surface area contributed by atoms with Gasteiger partial charge in [0.2, 0.25) is 0 Å². The fourth-order valence-corrected chi connectivity index (χ4v) is 4.86. The maximum absolute atomic E-state index is 12.5. The minimum atomic E-state index is -3.44. The molecule has 2 heterocycles. The summed E-state index contributed by atoms with van der Waals surface area (Å²) in [7, 11) is -2.00. The van der Waals surface area contributed by atoms with Crippen molar-refractivity contribution in [1.82, 2.24) is 4.98 Å². The van der Waals surface area contributed by atoms with Crippen LogP contribution in [0.1, 0.15) is 10.4 Å². The molecule has 0 atom stereocenters. The molecule has 0 spiro atoms. The Kier molecular flexibility index (Phi) is 5.39. The van der Waals surface area contributed by atoms with Crippen LogP contribution in [0.2, 0.25) is 0 Å². The van der Waals surface area contributed by atoms with Gasteiger partial charge in [-0.15, -0.1) is 0 Å². The van der Waals surface area contributed by atoms with Crippen LogP contribution >= 0.6 is 11.3 Å². The van der Waals surface area contributed by atoms with Crippen LogP contribution in [0.3, 0.4) is 0 Å². The van der Waals surface area contributed by atoms with E-state index in [9.17, 15) is 13.2 Å². The lowest BCUT2D eigenvalue weighted by atomic mass is 10.2. The van der Waals surface area contributed by atoms with E-state index in [0.717, 1.165) is 4.70 Å². The highest BCUT2D eigenvalue weighted by Crippen LogP contribution is 2.37. The van der Waals surface area contributed by atoms with Crippen LogP contribution in [0.25, 0.3) is 10.2 Å². The minimum Gasteiger partial charge on any atom is -0.486 e. The summed E-state index contributed by atoms with van der Waals surface area (Å²) in [4.78, 5) is 17.1. The molecule has 0 bridgehead atoms. The van der Waals surface area contributed by atoms with E-state index < -0.39 is 9.84 Å². The number of rotatable bonds is 6. The highest BCUT2D eigenvalue weighted by atomic mass is 32.2. The number of fused-ring (bicyclic) bond motifs is 2. The maximum Gasteiger partial charge on any atom is 0.257 e. The third-order valence-electron chi connectivity index (χ3n) is 4.30. The average Bonchev–Trinajstić information content (AvgIpc) is 3.11.